The van der Waals surface area contributed by atoms with Gasteiger partial charge in [0.25, 0.3) is 0 Å². The molecule has 0 saturated heterocycles. The molecule has 0 aliphatic carbocycles. The molecule has 0 saturated carbocycles. The Bertz CT molecular complexity index is 360. The SMILES string of the molecule is Bc1ncc(F)c2cc[nH]c12. The summed E-state index contributed by atoms with van der Waals surface area (Å²) < 4.78 is 12.9. The van der Waals surface area contributed by atoms with Crippen LogP contribution < -0.4 is 5.59 Å². The summed E-state index contributed by atoms with van der Waals surface area (Å²) in [6, 6.07) is 1.71. The summed E-state index contributed by atoms with van der Waals surface area (Å²) >= 11 is 0. The predicted molar refractivity (Wildman–Crippen MR) is 44.2 cm³/mol. The highest BCUT2D eigenvalue weighted by Crippen LogP contribution is 2.11. The number of pyridine rings is 1. The molecule has 0 aliphatic rings. The largest absolute Gasteiger partial charge is 0.360 e. The van der Waals surface area contributed by atoms with E-state index in [1.165, 1.54) is 6.20 Å². The number of aromatic nitrogens is 2. The van der Waals surface area contributed by atoms with Gasteiger partial charge in [-0.2, -0.15) is 0 Å². The second-order valence-electron chi connectivity index (χ2n) is 2.46. The molecule has 2 nitrogen and oxygen atoms in total. The van der Waals surface area contributed by atoms with Gasteiger partial charge in [0.15, 0.2) is 13.7 Å². The maximum atomic E-state index is 12.9. The molecule has 2 rings (SSSR count). The van der Waals surface area contributed by atoms with Crippen molar-refractivity contribution in [2.45, 2.75) is 0 Å². The van der Waals surface area contributed by atoms with E-state index >= 15 is 0 Å². The lowest BCUT2D eigenvalue weighted by molar-refractivity contribution is 0.635. The number of hydrogen-bond acceptors (Lipinski definition) is 1. The molecule has 54 valence electrons. The highest BCUT2D eigenvalue weighted by atomic mass is 19.1. The van der Waals surface area contributed by atoms with Gasteiger partial charge in [-0.1, -0.05) is 0 Å². The van der Waals surface area contributed by atoms with Crippen LogP contribution in [0, 0.1) is 5.82 Å². The molecule has 0 fully saturated rings. The highest BCUT2D eigenvalue weighted by Gasteiger charge is 2.03. The lowest BCUT2D eigenvalue weighted by Crippen LogP contribution is -2.09. The minimum atomic E-state index is -0.271. The fourth-order valence-electron chi connectivity index (χ4n) is 1.16. The van der Waals surface area contributed by atoms with Crippen molar-refractivity contribution in [2.75, 3.05) is 0 Å². The maximum Gasteiger partial charge on any atom is 0.166 e. The lowest BCUT2D eigenvalue weighted by Gasteiger charge is -1.94. The second-order valence-corrected chi connectivity index (χ2v) is 2.46. The monoisotopic (exact) mass is 148 g/mol. The standard InChI is InChI=1S/C7H6BFN2/c8-7-6-4(1-2-10-6)5(9)3-11-7/h1-3,10H,8H2. The van der Waals surface area contributed by atoms with Crippen molar-refractivity contribution in [3.05, 3.63) is 24.3 Å². The zero-order chi connectivity index (χ0) is 7.84. The average Bonchev–Trinajstić information content (AvgIpc) is 2.45. The van der Waals surface area contributed by atoms with Crippen LogP contribution in [0.15, 0.2) is 18.5 Å². The first-order chi connectivity index (χ1) is 5.29. The van der Waals surface area contributed by atoms with Gasteiger partial charge in [0.05, 0.1) is 11.7 Å². The molecule has 0 unspecified atom stereocenters. The van der Waals surface area contributed by atoms with Gasteiger partial charge in [0.2, 0.25) is 0 Å². The second kappa shape index (κ2) is 2.08. The van der Waals surface area contributed by atoms with Crippen molar-refractivity contribution in [1.82, 2.24) is 9.97 Å². The predicted octanol–water partition coefficient (Wildman–Crippen LogP) is -0.0396. The third-order valence-electron chi connectivity index (χ3n) is 1.74. The summed E-state index contributed by atoms with van der Waals surface area (Å²) in [5.74, 6) is -0.271. The van der Waals surface area contributed by atoms with Gasteiger partial charge >= 0.3 is 0 Å². The van der Waals surface area contributed by atoms with E-state index in [2.05, 4.69) is 9.97 Å². The molecule has 0 aromatic carbocycles. The molecule has 0 radical (unpaired) electrons. The number of fused-ring (bicyclic) bond motifs is 1. The Morgan fingerprint density at radius 2 is 2.36 bits per heavy atom. The summed E-state index contributed by atoms with van der Waals surface area (Å²) in [5.41, 5.74) is 1.61. The van der Waals surface area contributed by atoms with Gasteiger partial charge in [0.1, 0.15) is 0 Å². The molecule has 2 heterocycles. The van der Waals surface area contributed by atoms with E-state index in [1.807, 2.05) is 7.85 Å². The van der Waals surface area contributed by atoms with Crippen molar-refractivity contribution in [1.29, 1.82) is 0 Å². The molecule has 11 heavy (non-hydrogen) atoms. The number of halogens is 1. The van der Waals surface area contributed by atoms with Gasteiger partial charge < -0.3 is 4.98 Å². The molecule has 1 N–H and O–H groups in total. The number of nitrogens with zero attached hydrogens (tertiary/aromatic N) is 1. The summed E-state index contributed by atoms with van der Waals surface area (Å²) in [6.07, 6.45) is 2.95. The van der Waals surface area contributed by atoms with Gasteiger partial charge in [-0.05, 0) is 6.07 Å². The van der Waals surface area contributed by atoms with E-state index in [9.17, 15) is 4.39 Å². The van der Waals surface area contributed by atoms with Crippen LogP contribution in [-0.4, -0.2) is 17.8 Å². The van der Waals surface area contributed by atoms with Gasteiger partial charge in [-0.25, -0.2) is 4.39 Å². The molecular formula is C7H6BFN2. The van der Waals surface area contributed by atoms with Crippen LogP contribution in [0.4, 0.5) is 4.39 Å². The Morgan fingerprint density at radius 1 is 1.55 bits per heavy atom. The molecule has 0 amide bonds. The van der Waals surface area contributed by atoms with Crippen LogP contribution in [0.5, 0.6) is 0 Å². The van der Waals surface area contributed by atoms with E-state index in [-0.39, 0.29) is 5.82 Å². The number of hydrogen-bond donors (Lipinski definition) is 1. The first kappa shape index (κ1) is 6.40. The Balaban J connectivity index is 2.96. The fraction of sp³-hybridized carbons (Fsp3) is 0. The zero-order valence-corrected chi connectivity index (χ0v) is 6.06. The van der Waals surface area contributed by atoms with E-state index in [1.54, 1.807) is 12.3 Å². The van der Waals surface area contributed by atoms with Crippen molar-refractivity contribution in [3.8, 4) is 0 Å². The van der Waals surface area contributed by atoms with Crippen LogP contribution >= 0.6 is 0 Å². The molecule has 0 bridgehead atoms. The fourth-order valence-corrected chi connectivity index (χ4v) is 1.16. The van der Waals surface area contributed by atoms with Crippen LogP contribution in [0.25, 0.3) is 10.9 Å². The number of aromatic amines is 1. The summed E-state index contributed by atoms with van der Waals surface area (Å²) in [4.78, 5) is 6.80. The first-order valence-corrected chi connectivity index (χ1v) is 3.37. The Labute approximate surface area is 63.9 Å². The van der Waals surface area contributed by atoms with Gasteiger partial charge in [-0.15, -0.1) is 0 Å². The minimum Gasteiger partial charge on any atom is -0.360 e. The third-order valence-corrected chi connectivity index (χ3v) is 1.74. The van der Waals surface area contributed by atoms with Gasteiger partial charge in [0, 0.05) is 17.2 Å². The Kier molecular flexibility index (Phi) is 1.21. The van der Waals surface area contributed by atoms with Crippen molar-refractivity contribution >= 4 is 24.3 Å². The summed E-state index contributed by atoms with van der Waals surface area (Å²) in [7, 11) is 1.85. The first-order valence-electron chi connectivity index (χ1n) is 3.37. The van der Waals surface area contributed by atoms with Crippen molar-refractivity contribution < 1.29 is 4.39 Å². The van der Waals surface area contributed by atoms with Crippen LogP contribution in [0.3, 0.4) is 0 Å². The lowest BCUT2D eigenvalue weighted by atomic mass is 10.0. The van der Waals surface area contributed by atoms with E-state index in [4.69, 9.17) is 0 Å². The molecule has 0 aliphatic heterocycles. The third kappa shape index (κ3) is 0.825. The number of nitrogens with one attached hydrogen (secondary N) is 1. The average molecular weight is 148 g/mol. The van der Waals surface area contributed by atoms with Crippen molar-refractivity contribution in [3.63, 3.8) is 0 Å². The normalized spacial score (nSPS) is 10.6. The topological polar surface area (TPSA) is 28.7 Å². The minimum absolute atomic E-state index is 0.271. The van der Waals surface area contributed by atoms with Crippen LogP contribution in [-0.2, 0) is 0 Å². The zero-order valence-electron chi connectivity index (χ0n) is 6.06. The molecular weight excluding hydrogens is 142 g/mol. The van der Waals surface area contributed by atoms with Crippen molar-refractivity contribution in [2.24, 2.45) is 0 Å². The molecule has 2 aromatic heterocycles. The quantitative estimate of drug-likeness (QED) is 0.521. The smallest absolute Gasteiger partial charge is 0.166 e. The molecule has 0 atom stereocenters. The summed E-state index contributed by atoms with van der Waals surface area (Å²) in [6.45, 7) is 0. The number of H-pyrrole nitrogens is 1. The molecule has 0 spiro atoms. The van der Waals surface area contributed by atoms with E-state index < -0.39 is 0 Å². The highest BCUT2D eigenvalue weighted by molar-refractivity contribution is 6.36. The van der Waals surface area contributed by atoms with E-state index in [0.717, 1.165) is 11.1 Å². The Morgan fingerprint density at radius 3 is 3.09 bits per heavy atom. The number of rotatable bonds is 0. The Hall–Kier alpha value is -1.32. The summed E-state index contributed by atoms with van der Waals surface area (Å²) in [5, 5.41) is 0.609. The van der Waals surface area contributed by atoms with Gasteiger partial charge in [-0.3, -0.25) is 4.98 Å². The van der Waals surface area contributed by atoms with Crippen LogP contribution in [0.2, 0.25) is 0 Å². The van der Waals surface area contributed by atoms with E-state index in [0.29, 0.717) is 5.39 Å². The molecule has 4 heteroatoms. The molecule has 2 aromatic rings. The van der Waals surface area contributed by atoms with Crippen LogP contribution in [0.1, 0.15) is 0 Å². The maximum absolute atomic E-state index is 12.9.